The minimum absolute atomic E-state index is 0.187. The second-order valence-electron chi connectivity index (χ2n) is 10.5. The topological polar surface area (TPSA) is 150 Å². The molecule has 2 amide bonds. The van der Waals surface area contributed by atoms with Crippen LogP contribution in [-0.2, 0) is 4.79 Å². The molecular weight excluding hydrogens is 647 g/mol. The summed E-state index contributed by atoms with van der Waals surface area (Å²) in [6.45, 7) is 0. The van der Waals surface area contributed by atoms with Crippen LogP contribution in [0.4, 0.5) is 5.69 Å². The van der Waals surface area contributed by atoms with Gasteiger partial charge >= 0.3 is 0 Å². The summed E-state index contributed by atoms with van der Waals surface area (Å²) in [4.78, 5) is 27.9. The lowest BCUT2D eigenvalue weighted by molar-refractivity contribution is -2.00. The molecule has 2 N–H and O–H groups in total. The predicted octanol–water partition coefficient (Wildman–Crippen LogP) is 2.29. The highest BCUT2D eigenvalue weighted by Crippen LogP contribution is 2.57. The summed E-state index contributed by atoms with van der Waals surface area (Å²) in [7, 11) is -7.55. The molecule has 0 aliphatic rings. The van der Waals surface area contributed by atoms with Crippen molar-refractivity contribution in [3.8, 4) is 0 Å². The molecular formula is C38H30ClN2O6P. The molecule has 0 spiro atoms. The highest BCUT2D eigenvalue weighted by molar-refractivity contribution is 7.98. The van der Waals surface area contributed by atoms with Crippen LogP contribution in [0.1, 0.15) is 10.4 Å². The molecule has 0 bridgehead atoms. The quantitative estimate of drug-likeness (QED) is 0.187. The van der Waals surface area contributed by atoms with Crippen molar-refractivity contribution in [2.75, 3.05) is 5.32 Å². The number of anilines is 1. The third-order valence-electron chi connectivity index (χ3n) is 7.38. The Morgan fingerprint density at radius 1 is 0.542 bits per heavy atom. The van der Waals surface area contributed by atoms with Gasteiger partial charge in [0, 0.05) is 16.6 Å². The molecule has 0 aliphatic carbocycles. The second-order valence-corrected chi connectivity index (χ2v) is 14.5. The average Bonchev–Trinajstić information content (AvgIpc) is 3.11. The second kappa shape index (κ2) is 15.6. The summed E-state index contributed by atoms with van der Waals surface area (Å²) >= 11 is 0. The molecule has 0 aliphatic heterocycles. The Bertz CT molecular complexity index is 1900. The van der Waals surface area contributed by atoms with E-state index in [1.165, 1.54) is 0 Å². The van der Waals surface area contributed by atoms with Gasteiger partial charge in [-0.2, -0.15) is 0 Å². The molecule has 240 valence electrons. The first-order valence-electron chi connectivity index (χ1n) is 14.7. The van der Waals surface area contributed by atoms with Crippen molar-refractivity contribution in [3.63, 3.8) is 0 Å². The standard InChI is InChI=1S/C38H29N2O2P.ClHO4/c41-37(30-17-5-1-6-18-30)40-36(38(42)39-35-27-15-19-29-16-13-14-26-34(29)35)28-43(31-20-7-2-8-21-31,32-22-9-3-10-23-32)33-24-11-4-12-25-33;2-1(3,4)5/h1-28H,(H-,39,40,41,42);(H,2,3,4,5). The Morgan fingerprint density at radius 2 is 0.958 bits per heavy atom. The minimum atomic E-state index is -4.94. The lowest BCUT2D eigenvalue weighted by atomic mass is 10.1. The maximum atomic E-state index is 14.3. The van der Waals surface area contributed by atoms with Crippen molar-refractivity contribution in [2.24, 2.45) is 0 Å². The summed E-state index contributed by atoms with van der Waals surface area (Å²) < 4.78 is 34.0. The molecule has 8 nitrogen and oxygen atoms in total. The van der Waals surface area contributed by atoms with Crippen molar-refractivity contribution in [1.29, 1.82) is 0 Å². The fraction of sp³-hybridized carbons (Fsp3) is 0. The first-order valence-corrected chi connectivity index (χ1v) is 17.8. The molecule has 10 heteroatoms. The van der Waals surface area contributed by atoms with Crippen LogP contribution in [0.15, 0.2) is 175 Å². The number of hydrogen-bond acceptors (Lipinski definition) is 6. The fourth-order valence-corrected chi connectivity index (χ4v) is 9.15. The Kier molecular flexibility index (Phi) is 11.1. The van der Waals surface area contributed by atoms with Crippen LogP contribution in [0.5, 0.6) is 0 Å². The van der Waals surface area contributed by atoms with Gasteiger partial charge in [0.05, 0.1) is 0 Å². The zero-order chi connectivity index (χ0) is 34.0. The smallest absolute Gasteiger partial charge is 0.275 e. The molecule has 0 unspecified atom stereocenters. The van der Waals surface area contributed by atoms with Crippen LogP contribution in [-0.4, -0.2) is 11.8 Å². The number of carbonyl (C=O) groups excluding carboxylic acids is 2. The average molecular weight is 677 g/mol. The number of fused-ring (bicyclic) bond motifs is 1. The van der Waals surface area contributed by atoms with Gasteiger partial charge < -0.3 is 10.6 Å². The third kappa shape index (κ3) is 8.59. The van der Waals surface area contributed by atoms with Gasteiger partial charge in [-0.15, -0.1) is 10.2 Å². The number of halogens is 1. The monoisotopic (exact) mass is 676 g/mol. The number of rotatable bonds is 8. The van der Waals surface area contributed by atoms with Gasteiger partial charge in [-0.25, -0.2) is 18.6 Å². The normalized spacial score (nSPS) is 11.6. The maximum Gasteiger partial charge on any atom is 0.275 e. The van der Waals surface area contributed by atoms with E-state index in [-0.39, 0.29) is 11.6 Å². The summed E-state index contributed by atoms with van der Waals surface area (Å²) in [6.07, 6.45) is 0. The van der Waals surface area contributed by atoms with Gasteiger partial charge in [-0.3, -0.25) is 9.59 Å². The summed E-state index contributed by atoms with van der Waals surface area (Å²) in [5.74, 6) is 1.24. The molecule has 48 heavy (non-hydrogen) atoms. The molecule has 6 rings (SSSR count). The lowest BCUT2D eigenvalue weighted by Crippen LogP contribution is -2.68. The molecule has 0 fully saturated rings. The zero-order valence-electron chi connectivity index (χ0n) is 25.4. The Hall–Kier alpha value is -5.18. The number of benzene rings is 6. The van der Waals surface area contributed by atoms with Gasteiger partial charge in [-0.1, -0.05) is 109 Å². The van der Waals surface area contributed by atoms with Crippen LogP contribution in [0, 0.1) is 10.2 Å². The van der Waals surface area contributed by atoms with E-state index < -0.39 is 23.4 Å². The van der Waals surface area contributed by atoms with Crippen LogP contribution >= 0.6 is 7.26 Å². The first-order chi connectivity index (χ1) is 23.1. The van der Waals surface area contributed by atoms with Crippen LogP contribution in [0.3, 0.4) is 0 Å². The van der Waals surface area contributed by atoms with E-state index in [2.05, 4.69) is 47.0 Å². The molecule has 0 atom stereocenters. The van der Waals surface area contributed by atoms with Crippen molar-refractivity contribution < 1.29 is 38.5 Å². The Balaban J connectivity index is 0.000000840. The van der Waals surface area contributed by atoms with Crippen molar-refractivity contribution in [2.45, 2.75) is 0 Å². The molecule has 6 aromatic carbocycles. The number of nitrogens with one attached hydrogen (secondary N) is 2. The van der Waals surface area contributed by atoms with Gasteiger partial charge in [-0.05, 0) is 60.0 Å². The van der Waals surface area contributed by atoms with Gasteiger partial charge in [0.15, 0.2) is 0 Å². The molecule has 6 aromatic rings. The summed E-state index contributed by atoms with van der Waals surface area (Å²) in [6, 6.07) is 53.3. The summed E-state index contributed by atoms with van der Waals surface area (Å²) in [5.41, 5.74) is 1.33. The van der Waals surface area contributed by atoms with Gasteiger partial charge in [0.25, 0.3) is 11.8 Å². The lowest BCUT2D eigenvalue weighted by Gasteiger charge is -2.25. The predicted molar refractivity (Wildman–Crippen MR) is 180 cm³/mol. The van der Waals surface area contributed by atoms with Gasteiger partial charge in [0.2, 0.25) is 0 Å². The molecule has 0 saturated heterocycles. The van der Waals surface area contributed by atoms with E-state index in [4.69, 9.17) is 18.6 Å². The van der Waals surface area contributed by atoms with E-state index in [0.717, 1.165) is 26.7 Å². The molecule has 0 saturated carbocycles. The fourth-order valence-electron chi connectivity index (χ4n) is 5.31. The number of hydrogen-bond donors (Lipinski definition) is 2. The van der Waals surface area contributed by atoms with E-state index in [1.54, 1.807) is 12.1 Å². The number of carbonyl (C=O) groups is 2. The van der Waals surface area contributed by atoms with E-state index in [0.29, 0.717) is 11.3 Å². The van der Waals surface area contributed by atoms with E-state index >= 15 is 0 Å². The Labute approximate surface area is 280 Å². The maximum absolute atomic E-state index is 14.3. The minimum Gasteiger partial charge on any atom is -0.320 e. The third-order valence-corrected chi connectivity index (χ3v) is 11.4. The highest BCUT2D eigenvalue weighted by Gasteiger charge is 2.45. The largest absolute Gasteiger partial charge is 0.320 e. The SMILES string of the molecule is O=C(Nc1cccc2ccccc12)C(=C[P+](c1ccccc1)(c1ccccc1)c1ccccc1)NC(=O)c1ccccc1.[O-][Cl+3]([O-])([O-])[O-]. The van der Waals surface area contributed by atoms with Crippen molar-refractivity contribution in [1.82, 2.24) is 5.32 Å². The highest BCUT2D eigenvalue weighted by atomic mass is 35.7. The number of amides is 2. The molecule has 0 radical (unpaired) electrons. The van der Waals surface area contributed by atoms with Crippen LogP contribution < -0.4 is 45.2 Å². The van der Waals surface area contributed by atoms with Crippen LogP contribution in [0.2, 0.25) is 0 Å². The van der Waals surface area contributed by atoms with Gasteiger partial charge in [0.1, 0.15) is 34.7 Å². The van der Waals surface area contributed by atoms with Crippen LogP contribution in [0.25, 0.3) is 10.8 Å². The van der Waals surface area contributed by atoms with E-state index in [1.807, 2.05) is 121 Å². The van der Waals surface area contributed by atoms with E-state index in [9.17, 15) is 9.59 Å². The van der Waals surface area contributed by atoms with Crippen molar-refractivity contribution in [3.05, 3.63) is 181 Å². The Morgan fingerprint density at radius 3 is 1.46 bits per heavy atom. The zero-order valence-corrected chi connectivity index (χ0v) is 27.1. The first kappa shape index (κ1) is 34.2. The summed E-state index contributed by atoms with van der Waals surface area (Å²) in [5, 5.41) is 11.2. The molecule has 0 aromatic heterocycles. The molecule has 0 heterocycles. The van der Waals surface area contributed by atoms with Crippen molar-refractivity contribution >= 4 is 51.5 Å².